The summed E-state index contributed by atoms with van der Waals surface area (Å²) in [5.74, 6) is 0.676. The first kappa shape index (κ1) is 22.0. The number of unbranched alkanes of at least 4 members (excludes halogenated alkanes) is 1. The van der Waals surface area contributed by atoms with E-state index in [-0.39, 0.29) is 18.4 Å². The maximum Gasteiger partial charge on any atom is 0.244 e. The van der Waals surface area contributed by atoms with E-state index in [1.165, 1.54) is 31.6 Å². The average Bonchev–Trinajstić information content (AvgIpc) is 3.17. The molecule has 2 N–H and O–H groups in total. The number of furan rings is 1. The van der Waals surface area contributed by atoms with Crippen molar-refractivity contribution in [3.63, 3.8) is 0 Å². The third-order valence-electron chi connectivity index (χ3n) is 4.05. The summed E-state index contributed by atoms with van der Waals surface area (Å²) >= 11 is 0. The molecule has 0 bridgehead atoms. The SMILES string of the molecule is CCCCC(CC)COCCCNC(=O)CNC(=O)/C=C/c1ccco1. The van der Waals surface area contributed by atoms with Crippen LogP contribution >= 0.6 is 0 Å². The van der Waals surface area contributed by atoms with E-state index in [1.807, 2.05) is 0 Å². The smallest absolute Gasteiger partial charge is 0.244 e. The third kappa shape index (κ3) is 10.7. The van der Waals surface area contributed by atoms with Crippen molar-refractivity contribution < 1.29 is 18.7 Å². The zero-order valence-electron chi connectivity index (χ0n) is 16.0. The monoisotopic (exact) mass is 364 g/mol. The molecule has 0 aliphatic rings. The summed E-state index contributed by atoms with van der Waals surface area (Å²) < 4.78 is 10.8. The molecule has 0 saturated carbocycles. The topological polar surface area (TPSA) is 80.6 Å². The fourth-order valence-electron chi connectivity index (χ4n) is 2.38. The number of carbonyl (C=O) groups excluding carboxylic acids is 2. The average molecular weight is 364 g/mol. The molecule has 1 heterocycles. The maximum absolute atomic E-state index is 11.7. The Morgan fingerprint density at radius 3 is 2.81 bits per heavy atom. The summed E-state index contributed by atoms with van der Waals surface area (Å²) in [4.78, 5) is 23.3. The van der Waals surface area contributed by atoms with E-state index in [9.17, 15) is 9.59 Å². The van der Waals surface area contributed by atoms with Crippen LogP contribution in [-0.2, 0) is 14.3 Å². The fourth-order valence-corrected chi connectivity index (χ4v) is 2.38. The molecule has 1 aromatic rings. The number of ether oxygens (including phenoxy) is 1. The first-order valence-electron chi connectivity index (χ1n) is 9.49. The Balaban J connectivity index is 2.02. The van der Waals surface area contributed by atoms with Crippen molar-refractivity contribution in [1.29, 1.82) is 0 Å². The number of carbonyl (C=O) groups is 2. The van der Waals surface area contributed by atoms with Crippen LogP contribution in [0.3, 0.4) is 0 Å². The third-order valence-corrected chi connectivity index (χ3v) is 4.05. The van der Waals surface area contributed by atoms with Crippen LogP contribution in [0.5, 0.6) is 0 Å². The minimum absolute atomic E-state index is 0.0445. The predicted molar refractivity (Wildman–Crippen MR) is 103 cm³/mol. The second kappa shape index (κ2) is 14.1. The molecule has 1 aromatic heterocycles. The molecule has 1 rings (SSSR count). The maximum atomic E-state index is 11.7. The van der Waals surface area contributed by atoms with E-state index in [0.717, 1.165) is 19.4 Å². The molecule has 6 heteroatoms. The van der Waals surface area contributed by atoms with Crippen molar-refractivity contribution in [2.45, 2.75) is 46.0 Å². The zero-order valence-corrected chi connectivity index (χ0v) is 16.0. The lowest BCUT2D eigenvalue weighted by Gasteiger charge is -2.14. The van der Waals surface area contributed by atoms with Gasteiger partial charge in [-0.15, -0.1) is 0 Å². The highest BCUT2D eigenvalue weighted by Gasteiger charge is 2.06. The molecular weight excluding hydrogens is 332 g/mol. The highest BCUT2D eigenvalue weighted by Crippen LogP contribution is 2.12. The van der Waals surface area contributed by atoms with Crippen molar-refractivity contribution in [3.05, 3.63) is 30.2 Å². The Morgan fingerprint density at radius 2 is 2.12 bits per heavy atom. The summed E-state index contributed by atoms with van der Waals surface area (Å²) in [7, 11) is 0. The van der Waals surface area contributed by atoms with Gasteiger partial charge in [0.1, 0.15) is 5.76 Å². The molecule has 0 aliphatic heterocycles. The second-order valence-electron chi connectivity index (χ2n) is 6.26. The van der Waals surface area contributed by atoms with Gasteiger partial charge in [0.05, 0.1) is 12.8 Å². The van der Waals surface area contributed by atoms with Gasteiger partial charge in [-0.1, -0.05) is 33.1 Å². The van der Waals surface area contributed by atoms with Gasteiger partial charge in [-0.05, 0) is 37.0 Å². The van der Waals surface area contributed by atoms with Gasteiger partial charge in [0, 0.05) is 25.8 Å². The predicted octanol–water partition coefficient (Wildman–Crippen LogP) is 3.15. The Hall–Kier alpha value is -2.08. The van der Waals surface area contributed by atoms with Gasteiger partial charge in [0.2, 0.25) is 11.8 Å². The van der Waals surface area contributed by atoms with Gasteiger partial charge in [0.25, 0.3) is 0 Å². The molecule has 2 amide bonds. The fraction of sp³-hybridized carbons (Fsp3) is 0.600. The normalized spacial score (nSPS) is 12.2. The Bertz CT molecular complexity index is 526. The largest absolute Gasteiger partial charge is 0.465 e. The molecule has 146 valence electrons. The zero-order chi connectivity index (χ0) is 19.0. The molecule has 6 nitrogen and oxygen atoms in total. The van der Waals surface area contributed by atoms with Gasteiger partial charge in [-0.2, -0.15) is 0 Å². The van der Waals surface area contributed by atoms with Crippen molar-refractivity contribution in [3.8, 4) is 0 Å². The van der Waals surface area contributed by atoms with Gasteiger partial charge < -0.3 is 19.8 Å². The van der Waals surface area contributed by atoms with E-state index in [4.69, 9.17) is 9.15 Å². The van der Waals surface area contributed by atoms with Crippen molar-refractivity contribution in [1.82, 2.24) is 10.6 Å². The van der Waals surface area contributed by atoms with E-state index in [1.54, 1.807) is 18.2 Å². The molecule has 0 saturated heterocycles. The highest BCUT2D eigenvalue weighted by molar-refractivity contribution is 5.93. The van der Waals surface area contributed by atoms with E-state index in [0.29, 0.717) is 24.8 Å². The summed E-state index contributed by atoms with van der Waals surface area (Å²) in [5.41, 5.74) is 0. The standard InChI is InChI=1S/C20H32N2O4/c1-3-5-8-17(4-2)16-25-13-7-12-21-20(24)15-22-19(23)11-10-18-9-6-14-26-18/h6,9-11,14,17H,3-5,7-8,12-13,15-16H2,1-2H3,(H,21,24)(H,22,23)/b11-10+. The number of hydrogen-bond acceptors (Lipinski definition) is 4. The van der Waals surface area contributed by atoms with Crippen molar-refractivity contribution >= 4 is 17.9 Å². The second-order valence-corrected chi connectivity index (χ2v) is 6.26. The molecule has 0 spiro atoms. The minimum Gasteiger partial charge on any atom is -0.465 e. The molecule has 0 fully saturated rings. The minimum atomic E-state index is -0.336. The van der Waals surface area contributed by atoms with Crippen LogP contribution in [0.2, 0.25) is 0 Å². The summed E-state index contributed by atoms with van der Waals surface area (Å²) in [6.45, 7) is 6.33. The number of amides is 2. The first-order chi connectivity index (χ1) is 12.7. The molecular formula is C20H32N2O4. The van der Waals surface area contributed by atoms with Gasteiger partial charge in [-0.3, -0.25) is 9.59 Å². The molecule has 26 heavy (non-hydrogen) atoms. The Kier molecular flexibility index (Phi) is 11.9. The number of rotatable bonds is 14. The molecule has 1 atom stereocenters. The Labute approximate surface area is 156 Å². The summed E-state index contributed by atoms with van der Waals surface area (Å²) in [6, 6.07) is 3.48. The lowest BCUT2D eigenvalue weighted by Crippen LogP contribution is -2.36. The number of hydrogen-bond donors (Lipinski definition) is 2. The van der Waals surface area contributed by atoms with E-state index >= 15 is 0 Å². The van der Waals surface area contributed by atoms with Crippen molar-refractivity contribution in [2.75, 3.05) is 26.3 Å². The lowest BCUT2D eigenvalue weighted by molar-refractivity contribution is -0.123. The molecule has 0 aliphatic carbocycles. The van der Waals surface area contributed by atoms with Gasteiger partial charge in [0.15, 0.2) is 0 Å². The highest BCUT2D eigenvalue weighted by atomic mass is 16.5. The van der Waals surface area contributed by atoms with Crippen LogP contribution in [0.25, 0.3) is 6.08 Å². The molecule has 1 unspecified atom stereocenters. The Morgan fingerprint density at radius 1 is 1.27 bits per heavy atom. The van der Waals surface area contributed by atoms with Crippen LogP contribution in [0.15, 0.2) is 28.9 Å². The van der Waals surface area contributed by atoms with Gasteiger partial charge >= 0.3 is 0 Å². The first-order valence-corrected chi connectivity index (χ1v) is 9.49. The molecule has 0 aromatic carbocycles. The molecule has 0 radical (unpaired) electrons. The number of nitrogens with one attached hydrogen (secondary N) is 2. The lowest BCUT2D eigenvalue weighted by atomic mass is 10.0. The van der Waals surface area contributed by atoms with Crippen LogP contribution in [0.4, 0.5) is 0 Å². The van der Waals surface area contributed by atoms with Crippen LogP contribution in [0, 0.1) is 5.92 Å². The van der Waals surface area contributed by atoms with Gasteiger partial charge in [-0.25, -0.2) is 0 Å². The summed E-state index contributed by atoms with van der Waals surface area (Å²) in [5, 5.41) is 5.30. The quantitative estimate of drug-likeness (QED) is 0.392. The summed E-state index contributed by atoms with van der Waals surface area (Å²) in [6.07, 6.45) is 10.0. The van der Waals surface area contributed by atoms with E-state index < -0.39 is 0 Å². The van der Waals surface area contributed by atoms with Crippen LogP contribution in [-0.4, -0.2) is 38.1 Å². The van der Waals surface area contributed by atoms with Crippen LogP contribution < -0.4 is 10.6 Å². The van der Waals surface area contributed by atoms with Crippen LogP contribution in [0.1, 0.15) is 51.7 Å². The van der Waals surface area contributed by atoms with Crippen molar-refractivity contribution in [2.24, 2.45) is 5.92 Å². The van der Waals surface area contributed by atoms with E-state index in [2.05, 4.69) is 24.5 Å².